The molecule has 0 unspecified atom stereocenters. The summed E-state index contributed by atoms with van der Waals surface area (Å²) in [6, 6.07) is 13.5. The molecule has 0 spiro atoms. The van der Waals surface area contributed by atoms with E-state index in [4.69, 9.17) is 5.73 Å². The number of nitrogens with zero attached hydrogens (tertiary/aromatic N) is 1. The van der Waals surface area contributed by atoms with Crippen LogP contribution in [0.5, 0.6) is 0 Å². The van der Waals surface area contributed by atoms with Crippen molar-refractivity contribution in [3.8, 4) is 0 Å². The molecule has 0 atom stereocenters. The molecule has 2 aromatic carbocycles. The minimum Gasteiger partial charge on any atom is -0.399 e. The Labute approximate surface area is 197 Å². The van der Waals surface area contributed by atoms with E-state index in [1.54, 1.807) is 0 Å². The highest BCUT2D eigenvalue weighted by atomic mass is 32.2. The maximum Gasteiger partial charge on any atom is 0.251 e. The van der Waals surface area contributed by atoms with Crippen molar-refractivity contribution >= 4 is 43.8 Å². The lowest BCUT2D eigenvalue weighted by atomic mass is 10.1. The first-order chi connectivity index (χ1) is 15.6. The first kappa shape index (κ1) is 24.4. The molecule has 0 aliphatic rings. The maximum absolute atomic E-state index is 12.4. The lowest BCUT2D eigenvalue weighted by molar-refractivity contribution is -0.114. The Morgan fingerprint density at radius 3 is 2.27 bits per heavy atom. The molecular weight excluding hydrogens is 460 g/mol. The van der Waals surface area contributed by atoms with Gasteiger partial charge in [0.1, 0.15) is 0 Å². The number of aryl methyl sites for hydroxylation is 2. The summed E-state index contributed by atoms with van der Waals surface area (Å²) in [5.41, 5.74) is 8.85. The molecule has 0 aliphatic heterocycles. The highest BCUT2D eigenvalue weighted by Gasteiger charge is 2.14. The third kappa shape index (κ3) is 7.13. The van der Waals surface area contributed by atoms with Gasteiger partial charge in [-0.05, 0) is 54.8 Å². The number of aromatic nitrogens is 1. The van der Waals surface area contributed by atoms with E-state index in [1.165, 1.54) is 42.5 Å². The number of hydrogen-bond acceptors (Lipinski definition) is 7. The minimum atomic E-state index is -3.31. The number of amides is 2. The van der Waals surface area contributed by atoms with Gasteiger partial charge in [0, 0.05) is 42.3 Å². The Kier molecular flexibility index (Phi) is 7.83. The molecule has 1 aromatic heterocycles. The smallest absolute Gasteiger partial charge is 0.251 e. The fourth-order valence-electron chi connectivity index (χ4n) is 3.17. The minimum absolute atomic E-state index is 0.167. The van der Waals surface area contributed by atoms with Crippen LogP contribution in [0.3, 0.4) is 0 Å². The van der Waals surface area contributed by atoms with E-state index in [0.29, 0.717) is 35.8 Å². The van der Waals surface area contributed by atoms with Crippen LogP contribution < -0.4 is 16.4 Å². The Hall–Kier alpha value is -3.24. The molecule has 0 aliphatic carbocycles. The van der Waals surface area contributed by atoms with E-state index in [1.807, 2.05) is 24.3 Å². The van der Waals surface area contributed by atoms with Crippen molar-refractivity contribution in [1.82, 2.24) is 10.3 Å². The molecular formula is C23H26N4O4S2. The molecule has 3 rings (SSSR count). The van der Waals surface area contributed by atoms with Crippen LogP contribution in [0.4, 0.5) is 10.8 Å². The second-order valence-corrected chi connectivity index (χ2v) is 10.7. The zero-order chi connectivity index (χ0) is 24.0. The summed E-state index contributed by atoms with van der Waals surface area (Å²) in [5, 5.41) is 6.12. The lowest BCUT2D eigenvalue weighted by Crippen LogP contribution is -2.25. The average Bonchev–Trinajstić information content (AvgIpc) is 3.13. The van der Waals surface area contributed by atoms with E-state index in [9.17, 15) is 18.0 Å². The summed E-state index contributed by atoms with van der Waals surface area (Å²) in [7, 11) is -3.31. The first-order valence-corrected chi connectivity index (χ1v) is 13.0. The number of anilines is 2. The number of hydrogen-bond donors (Lipinski definition) is 3. The summed E-state index contributed by atoms with van der Waals surface area (Å²) in [6.07, 6.45) is 3.14. The van der Waals surface area contributed by atoms with Crippen LogP contribution in [0.2, 0.25) is 0 Å². The summed E-state index contributed by atoms with van der Waals surface area (Å²) in [4.78, 5) is 29.6. The van der Waals surface area contributed by atoms with Gasteiger partial charge >= 0.3 is 0 Å². The first-order valence-electron chi connectivity index (χ1n) is 10.3. The molecule has 0 fully saturated rings. The number of thiazole rings is 1. The quantitative estimate of drug-likeness (QED) is 0.399. The molecule has 174 valence electrons. The number of carbonyl (C=O) groups excluding carboxylic acids is 2. The molecule has 0 radical (unpaired) electrons. The number of sulfone groups is 1. The zero-order valence-electron chi connectivity index (χ0n) is 18.4. The van der Waals surface area contributed by atoms with Crippen molar-refractivity contribution in [1.29, 1.82) is 0 Å². The summed E-state index contributed by atoms with van der Waals surface area (Å²) in [6.45, 7) is 1.81. The van der Waals surface area contributed by atoms with Crippen LogP contribution in [0.1, 0.15) is 33.4 Å². The van der Waals surface area contributed by atoms with Crippen molar-refractivity contribution in [2.24, 2.45) is 0 Å². The van der Waals surface area contributed by atoms with Crippen molar-refractivity contribution in [2.45, 2.75) is 31.1 Å². The molecule has 3 aromatic rings. The van der Waals surface area contributed by atoms with Crippen molar-refractivity contribution < 1.29 is 18.0 Å². The summed E-state index contributed by atoms with van der Waals surface area (Å²) >= 11 is 1.40. The Balaban J connectivity index is 1.63. The highest BCUT2D eigenvalue weighted by molar-refractivity contribution is 7.90. The fourth-order valence-corrected chi connectivity index (χ4v) is 4.85. The van der Waals surface area contributed by atoms with Gasteiger partial charge in [0.25, 0.3) is 5.91 Å². The second-order valence-electron chi connectivity index (χ2n) is 7.61. The van der Waals surface area contributed by atoms with Gasteiger partial charge < -0.3 is 16.4 Å². The number of nitrogens with two attached hydrogens (primary N) is 1. The van der Waals surface area contributed by atoms with Gasteiger partial charge in [0.15, 0.2) is 15.0 Å². The molecule has 0 bridgehead atoms. The molecule has 0 saturated carbocycles. The standard InChI is InChI=1S/C23H26N4O4S2/c1-15(28)26-23-27-20(12-5-16-3-8-18(24)9-4-16)21(32-23)13-14-25-22(29)17-6-10-19(11-7-17)33(2,30)31/h3-4,6-11H,5,12-14,24H2,1-2H3,(H,25,29)(H,26,27,28). The van der Waals surface area contributed by atoms with Gasteiger partial charge in [-0.3, -0.25) is 9.59 Å². The van der Waals surface area contributed by atoms with Crippen LogP contribution in [0, 0.1) is 0 Å². The molecule has 33 heavy (non-hydrogen) atoms. The molecule has 2 amide bonds. The number of rotatable bonds is 9. The Bertz CT molecular complexity index is 1230. The number of carbonyl (C=O) groups is 2. The molecule has 1 heterocycles. The largest absolute Gasteiger partial charge is 0.399 e. The van der Waals surface area contributed by atoms with E-state index < -0.39 is 9.84 Å². The van der Waals surface area contributed by atoms with Gasteiger partial charge in [0.2, 0.25) is 5.91 Å². The van der Waals surface area contributed by atoms with Gasteiger partial charge in [-0.2, -0.15) is 0 Å². The summed E-state index contributed by atoms with van der Waals surface area (Å²) in [5.74, 6) is -0.476. The van der Waals surface area contributed by atoms with E-state index >= 15 is 0 Å². The van der Waals surface area contributed by atoms with Crippen molar-refractivity contribution in [3.63, 3.8) is 0 Å². The van der Waals surface area contributed by atoms with E-state index in [-0.39, 0.29) is 16.7 Å². The topological polar surface area (TPSA) is 131 Å². The highest BCUT2D eigenvalue weighted by Crippen LogP contribution is 2.25. The third-order valence-electron chi connectivity index (χ3n) is 4.87. The molecule has 4 N–H and O–H groups in total. The van der Waals surface area contributed by atoms with Gasteiger partial charge in [0.05, 0.1) is 10.6 Å². The van der Waals surface area contributed by atoms with Crippen LogP contribution >= 0.6 is 11.3 Å². The Morgan fingerprint density at radius 1 is 1.00 bits per heavy atom. The van der Waals surface area contributed by atoms with E-state index in [2.05, 4.69) is 15.6 Å². The number of nitrogen functional groups attached to an aromatic ring is 1. The number of nitrogens with one attached hydrogen (secondary N) is 2. The van der Waals surface area contributed by atoms with Crippen molar-refractivity contribution in [2.75, 3.05) is 23.9 Å². The molecule has 8 nitrogen and oxygen atoms in total. The summed E-state index contributed by atoms with van der Waals surface area (Å²) < 4.78 is 23.1. The van der Waals surface area contributed by atoms with E-state index in [0.717, 1.165) is 28.8 Å². The SMILES string of the molecule is CC(=O)Nc1nc(CCc2ccc(N)cc2)c(CCNC(=O)c2ccc(S(C)(=O)=O)cc2)s1. The second kappa shape index (κ2) is 10.6. The molecule has 0 saturated heterocycles. The van der Waals surface area contributed by atoms with Gasteiger partial charge in [-0.15, -0.1) is 11.3 Å². The lowest BCUT2D eigenvalue weighted by Gasteiger charge is -2.07. The normalized spacial score (nSPS) is 11.2. The predicted molar refractivity (Wildman–Crippen MR) is 130 cm³/mol. The monoisotopic (exact) mass is 486 g/mol. The van der Waals surface area contributed by atoms with Gasteiger partial charge in [-0.1, -0.05) is 12.1 Å². The van der Waals surface area contributed by atoms with Crippen LogP contribution in [0.15, 0.2) is 53.4 Å². The number of benzene rings is 2. The van der Waals surface area contributed by atoms with Gasteiger partial charge in [-0.25, -0.2) is 13.4 Å². The molecule has 10 heteroatoms. The van der Waals surface area contributed by atoms with Crippen LogP contribution in [0.25, 0.3) is 0 Å². The fraction of sp³-hybridized carbons (Fsp3) is 0.261. The van der Waals surface area contributed by atoms with Crippen LogP contribution in [-0.4, -0.2) is 38.0 Å². The average molecular weight is 487 g/mol. The van der Waals surface area contributed by atoms with Crippen molar-refractivity contribution in [3.05, 3.63) is 70.2 Å². The predicted octanol–water partition coefficient (Wildman–Crippen LogP) is 2.84. The Morgan fingerprint density at radius 2 is 1.67 bits per heavy atom. The van der Waals surface area contributed by atoms with Crippen LogP contribution in [-0.2, 0) is 33.9 Å². The maximum atomic E-state index is 12.4. The zero-order valence-corrected chi connectivity index (χ0v) is 20.1. The third-order valence-corrected chi connectivity index (χ3v) is 7.08.